The number of aromatic nitrogens is 3. The first kappa shape index (κ1) is 96.9. The molecule has 4 aromatic carbocycles. The van der Waals surface area contributed by atoms with E-state index in [0.717, 1.165) is 37.8 Å². The van der Waals surface area contributed by atoms with E-state index in [9.17, 15) is 90.2 Å². The molecule has 6 aliphatic rings. The second-order valence-electron chi connectivity index (χ2n) is 30.6. The lowest BCUT2D eigenvalue weighted by Crippen LogP contribution is -2.50. The second kappa shape index (κ2) is 38.9. The molecule has 3 saturated heterocycles. The van der Waals surface area contributed by atoms with Gasteiger partial charge in [0, 0.05) is 134 Å². The maximum atomic E-state index is 14.0. The van der Waals surface area contributed by atoms with E-state index in [1.54, 1.807) is 60.2 Å². The van der Waals surface area contributed by atoms with E-state index in [1.807, 2.05) is 43.9 Å². The van der Waals surface area contributed by atoms with Crippen molar-refractivity contribution < 1.29 is 109 Å². The van der Waals surface area contributed by atoms with Crippen LogP contribution in [0.3, 0.4) is 0 Å². The second-order valence-corrected chi connectivity index (χ2v) is 34.3. The number of nitrogens with one attached hydrogen (secondary N) is 5. The van der Waals surface area contributed by atoms with Crippen molar-refractivity contribution in [1.82, 2.24) is 40.3 Å². The van der Waals surface area contributed by atoms with Gasteiger partial charge in [0.25, 0.3) is 45.9 Å². The molecule has 672 valence electrons. The average molecular weight is 1860 g/mol. The van der Waals surface area contributed by atoms with Crippen LogP contribution in [0.5, 0.6) is 40.2 Å². The Labute approximate surface area is 724 Å². The Morgan fingerprint density at radius 1 is 0.447 bits per heavy atom. The summed E-state index contributed by atoms with van der Waals surface area (Å²) in [6, 6.07) is 9.66. The molecule has 3 fully saturated rings. The maximum absolute atomic E-state index is 14.0. The number of fused-ring (bicyclic) bond motifs is 3. The van der Waals surface area contributed by atoms with Crippen LogP contribution in [0.1, 0.15) is 141 Å². The molecule has 3 unspecified atom stereocenters. The monoisotopic (exact) mass is 1860 g/mol. The van der Waals surface area contributed by atoms with Crippen molar-refractivity contribution in [1.29, 1.82) is 0 Å². The van der Waals surface area contributed by atoms with Gasteiger partial charge in [-0.25, -0.2) is 18.0 Å². The molecule has 0 aliphatic carbocycles. The summed E-state index contributed by atoms with van der Waals surface area (Å²) in [5, 5.41) is 5.80. The van der Waals surface area contributed by atoms with Crippen LogP contribution in [0.2, 0.25) is 15.1 Å². The first-order valence-electron chi connectivity index (χ1n) is 38.2. The largest absolute Gasteiger partial charge is 0.448 e. The van der Waals surface area contributed by atoms with Gasteiger partial charge in [0.1, 0.15) is 0 Å². The topological polar surface area (TPSA) is 274 Å². The van der Waals surface area contributed by atoms with Gasteiger partial charge in [0.15, 0.2) is 34.5 Å². The van der Waals surface area contributed by atoms with Crippen LogP contribution in [0.4, 0.5) is 61.5 Å². The first-order valence-corrected chi connectivity index (χ1v) is 43.1. The minimum Gasteiger partial charge on any atom is -0.448 e. The zero-order chi connectivity index (χ0) is 90.8. The van der Waals surface area contributed by atoms with Gasteiger partial charge in [-0.05, 0) is 175 Å². The molecule has 42 heteroatoms. The Balaban J connectivity index is 0.000000180. The normalized spacial score (nSPS) is 19.4. The highest BCUT2D eigenvalue weighted by Gasteiger charge is 2.52. The van der Waals surface area contributed by atoms with Crippen LogP contribution < -0.4 is 66.2 Å². The number of aryl methyl sites for hydroxylation is 3. The van der Waals surface area contributed by atoms with Gasteiger partial charge in [-0.2, -0.15) is 48.3 Å². The molecular weight excluding hydrogens is 1780 g/mol. The quantitative estimate of drug-likeness (QED) is 0.0116. The Morgan fingerprint density at radius 3 is 0.992 bits per heavy atom. The number of hydrogen-bond donors (Lipinski definition) is 6. The number of halogens is 17. The lowest BCUT2D eigenvalue weighted by Gasteiger charge is -2.38. The summed E-state index contributed by atoms with van der Waals surface area (Å²) in [7, 11) is 0. The Bertz CT molecular complexity index is 5130. The molecule has 13 rings (SSSR count). The first-order chi connectivity index (χ1) is 57.4. The number of esters is 1. The number of nitrogens with zero attached hydrogens (tertiary/aromatic N) is 3. The molecule has 9 heterocycles. The number of aromatic amines is 3. The third kappa shape index (κ3) is 22.6. The fraction of sp³-hybridized carbons (Fsp3) is 0.481. The number of pyridine rings is 3. The highest BCUT2D eigenvalue weighted by molar-refractivity contribution is 7.99. The molecule has 22 nitrogen and oxygen atoms in total. The molecule has 123 heavy (non-hydrogen) atoms. The van der Waals surface area contributed by atoms with E-state index in [1.165, 1.54) is 57.3 Å². The third-order valence-corrected chi connectivity index (χ3v) is 25.1. The summed E-state index contributed by atoms with van der Waals surface area (Å²) in [4.78, 5) is 89.8. The smallest absolute Gasteiger partial charge is 0.401 e. The van der Waals surface area contributed by atoms with Crippen molar-refractivity contribution in [3.8, 4) is 40.2 Å². The number of H-pyrrole nitrogens is 3. The highest BCUT2D eigenvalue weighted by Crippen LogP contribution is 2.55. The number of alkyl halides is 9. The zero-order valence-corrected chi connectivity index (χ0v) is 73.0. The number of hydrogen-bond acceptors (Lipinski definition) is 20. The minimum absolute atomic E-state index is 0.0205. The summed E-state index contributed by atoms with van der Waals surface area (Å²) >= 11 is 23.6. The summed E-state index contributed by atoms with van der Waals surface area (Å²) in [6.07, 6.45) is -4.69. The Morgan fingerprint density at radius 2 is 0.707 bits per heavy atom. The zero-order valence-electron chi connectivity index (χ0n) is 68.3. The average Bonchev–Trinajstić information content (AvgIpc) is 1.62. The SMILES string of the molecule is CSc1cc(C)[nH]c(=O)c1CN.CSc1cc(C)[nH]c(=O)c1CNC(=O)c1cc(Cl)c2c(c1C)OC(C)(C1CCN(CC(F)(F)F)CC1)O2.CSc1cc(C)[nH]c(=O)c1CNC(=O)c1cc(Cl)c2c(c1C)OC(C)(C1CCN(CC(F)(F)F)CC1)O2.Cc1c(C(=O)Oc2c(F)c(F)c(F)c(F)c2F)cc(Cl)c2c1OC(C)(C1CCN(CC(F)(F)F)CC1)O2. The predicted octanol–water partition coefficient (Wildman–Crippen LogP) is 17.3. The molecule has 7 N–H and O–H groups in total. The van der Waals surface area contributed by atoms with E-state index in [2.05, 4.69) is 30.3 Å². The van der Waals surface area contributed by atoms with Gasteiger partial charge in [0.05, 0.1) is 40.3 Å². The summed E-state index contributed by atoms with van der Waals surface area (Å²) in [6.45, 7) is 14.1. The number of ether oxygens (including phenoxy) is 7. The number of piperidine rings is 3. The number of carbonyl (C=O) groups is 3. The minimum atomic E-state index is -4.33. The maximum Gasteiger partial charge on any atom is 0.401 e. The number of carbonyl (C=O) groups excluding carboxylic acids is 3. The summed E-state index contributed by atoms with van der Waals surface area (Å²) < 4.78 is 224. The lowest BCUT2D eigenvalue weighted by molar-refractivity contribution is -0.160. The molecule has 0 bridgehead atoms. The van der Waals surface area contributed by atoms with Gasteiger partial charge in [-0.1, -0.05) is 34.8 Å². The van der Waals surface area contributed by atoms with Gasteiger partial charge in [0.2, 0.25) is 34.8 Å². The number of rotatable bonds is 18. The molecule has 0 saturated carbocycles. The van der Waals surface area contributed by atoms with E-state index >= 15 is 0 Å². The van der Waals surface area contributed by atoms with Crippen LogP contribution in [0.15, 0.2) is 65.5 Å². The van der Waals surface area contributed by atoms with Crippen molar-refractivity contribution in [2.45, 2.75) is 171 Å². The van der Waals surface area contributed by atoms with Crippen molar-refractivity contribution >= 4 is 87.9 Å². The van der Waals surface area contributed by atoms with Crippen LogP contribution in [0, 0.1) is 88.4 Å². The molecule has 3 aromatic heterocycles. The molecule has 6 aliphatic heterocycles. The molecule has 0 spiro atoms. The number of likely N-dealkylation sites (tertiary alicyclic amines) is 3. The summed E-state index contributed by atoms with van der Waals surface area (Å²) in [5.41, 5.74) is 10.0. The Hall–Kier alpha value is -8.28. The Kier molecular flexibility index (Phi) is 30.7. The van der Waals surface area contributed by atoms with Crippen molar-refractivity contribution in [2.75, 3.05) is 77.7 Å². The van der Waals surface area contributed by atoms with Crippen LogP contribution in [0.25, 0.3) is 0 Å². The number of benzene rings is 4. The van der Waals surface area contributed by atoms with E-state index < -0.39 is 114 Å². The molecule has 3 atom stereocenters. The molecule has 7 aromatic rings. The number of amides is 2. The molecular formula is C81H88Cl3F14N9O13S3. The van der Waals surface area contributed by atoms with Gasteiger partial charge < -0.3 is 64.5 Å². The predicted molar refractivity (Wildman–Crippen MR) is 435 cm³/mol. The molecule has 0 radical (unpaired) electrons. The van der Waals surface area contributed by atoms with Crippen molar-refractivity contribution in [3.05, 3.63) is 179 Å². The van der Waals surface area contributed by atoms with E-state index in [4.69, 9.17) is 69.0 Å². The van der Waals surface area contributed by atoms with E-state index in [0.29, 0.717) is 95.9 Å². The standard InChI is InChI=1S/2C25H29ClF3N3O4S.C23H18ClF8NO4.C8H12N2OS/c2*1-13-9-19(37-4)17(23(34)31-13)11-30-22(33)16-10-18(26)21-20(14(16)2)35-24(3,36-21)15-5-7-32(8-6-15)12-25(27,28)29;1-9-11(21(34)35-20-16(28)14(26)13(25)15(27)17(20)29)7-12(24)19-18(9)36-22(2,37-19)10-3-5-33(6-4-10)8-23(30,31)32;1-5-3-7(12-2)6(4-9)8(11)10-5/h2*9-10,15H,5-8,11-12H2,1-4H3,(H,30,33)(H,31,34);7,10H,3-6,8H2,1-2H3;3H,4,9H2,1-2H3,(H,10,11). The van der Waals surface area contributed by atoms with Crippen LogP contribution in [-0.2, 0) is 19.6 Å². The van der Waals surface area contributed by atoms with Gasteiger partial charge in [-0.3, -0.25) is 38.7 Å². The number of nitrogens with two attached hydrogens (primary N) is 1. The van der Waals surface area contributed by atoms with Crippen molar-refractivity contribution in [3.63, 3.8) is 0 Å². The highest BCUT2D eigenvalue weighted by atomic mass is 35.5. The summed E-state index contributed by atoms with van der Waals surface area (Å²) in [5.74, 6) is -18.7. The fourth-order valence-electron chi connectivity index (χ4n) is 15.3. The van der Waals surface area contributed by atoms with Crippen LogP contribution >= 0.6 is 70.1 Å². The van der Waals surface area contributed by atoms with Gasteiger partial charge in [-0.15, -0.1) is 35.3 Å². The number of thioether (sulfide) groups is 3. The lowest BCUT2D eigenvalue weighted by atomic mass is 9.89. The van der Waals surface area contributed by atoms with Gasteiger partial charge >= 0.3 is 24.5 Å². The van der Waals surface area contributed by atoms with E-state index in [-0.39, 0.29) is 130 Å². The van der Waals surface area contributed by atoms with Crippen LogP contribution in [-0.4, -0.2) is 161 Å². The third-order valence-electron chi connectivity index (χ3n) is 21.8. The fourth-order valence-corrected chi connectivity index (χ4v) is 18.1. The molecule has 2 amide bonds. The van der Waals surface area contributed by atoms with Crippen molar-refractivity contribution in [2.24, 2.45) is 23.5 Å².